The first kappa shape index (κ1) is 9.64. The molecule has 0 atom stereocenters. The molecule has 0 amide bonds. The van der Waals surface area contributed by atoms with E-state index in [1.165, 1.54) is 18.2 Å². The zero-order valence-corrected chi connectivity index (χ0v) is 8.01. The Morgan fingerprint density at radius 1 is 1.27 bits per heavy atom. The van der Waals surface area contributed by atoms with Gasteiger partial charge in [-0.05, 0) is 19.1 Å². The number of nitrogens with zero attached hydrogens (tertiary/aromatic N) is 1. The van der Waals surface area contributed by atoms with E-state index < -0.39 is 11.6 Å². The molecule has 3 nitrogen and oxygen atoms in total. The highest BCUT2D eigenvalue weighted by atomic mass is 19.1. The van der Waals surface area contributed by atoms with Crippen LogP contribution in [0, 0.1) is 18.6 Å². The van der Waals surface area contributed by atoms with Crippen molar-refractivity contribution in [3.8, 4) is 11.3 Å². The van der Waals surface area contributed by atoms with Gasteiger partial charge in [-0.15, -0.1) is 0 Å². The maximum atomic E-state index is 13.4. The molecule has 5 heteroatoms. The maximum Gasteiger partial charge on any atom is 0.148 e. The average Bonchev–Trinajstić information content (AvgIpc) is 2.49. The molecule has 0 bridgehead atoms. The number of hydrogen-bond donors (Lipinski definition) is 2. The van der Waals surface area contributed by atoms with Crippen LogP contribution in [0.15, 0.2) is 18.2 Å². The van der Waals surface area contributed by atoms with Crippen LogP contribution in [0.2, 0.25) is 0 Å². The standard InChI is InChI=1S/C10H9F2N3/c1-5-9(14-15-10(5)13)8-6(11)3-2-4-7(8)12/h2-4H,1H3,(H3,13,14,15). The van der Waals surface area contributed by atoms with Crippen molar-refractivity contribution in [2.45, 2.75) is 6.92 Å². The van der Waals surface area contributed by atoms with Crippen molar-refractivity contribution in [3.63, 3.8) is 0 Å². The van der Waals surface area contributed by atoms with Crippen molar-refractivity contribution >= 4 is 5.82 Å². The topological polar surface area (TPSA) is 54.7 Å². The van der Waals surface area contributed by atoms with E-state index in [2.05, 4.69) is 10.2 Å². The molecule has 2 aromatic rings. The molecule has 0 saturated carbocycles. The second kappa shape index (κ2) is 3.34. The fraction of sp³-hybridized carbons (Fsp3) is 0.100. The number of hydrogen-bond acceptors (Lipinski definition) is 2. The summed E-state index contributed by atoms with van der Waals surface area (Å²) in [6.45, 7) is 1.65. The molecule has 1 aromatic carbocycles. The van der Waals surface area contributed by atoms with Crippen molar-refractivity contribution in [2.75, 3.05) is 5.73 Å². The van der Waals surface area contributed by atoms with Gasteiger partial charge in [0.2, 0.25) is 0 Å². The number of nitrogen functional groups attached to an aromatic ring is 1. The van der Waals surface area contributed by atoms with E-state index >= 15 is 0 Å². The number of nitrogens with two attached hydrogens (primary N) is 1. The minimum absolute atomic E-state index is 0.126. The number of aromatic amines is 1. The molecular weight excluding hydrogens is 200 g/mol. The fourth-order valence-electron chi connectivity index (χ4n) is 1.39. The first-order valence-electron chi connectivity index (χ1n) is 4.36. The van der Waals surface area contributed by atoms with Gasteiger partial charge in [0, 0.05) is 5.56 Å². The summed E-state index contributed by atoms with van der Waals surface area (Å²) in [5.41, 5.74) is 6.19. The first-order chi connectivity index (χ1) is 7.11. The maximum absolute atomic E-state index is 13.4. The van der Waals surface area contributed by atoms with Crippen LogP contribution in [-0.4, -0.2) is 10.2 Å². The molecule has 78 valence electrons. The Morgan fingerprint density at radius 3 is 2.33 bits per heavy atom. The quantitative estimate of drug-likeness (QED) is 0.756. The third-order valence-corrected chi connectivity index (χ3v) is 2.26. The second-order valence-corrected chi connectivity index (χ2v) is 3.21. The Kier molecular flexibility index (Phi) is 2.15. The van der Waals surface area contributed by atoms with Crippen molar-refractivity contribution < 1.29 is 8.78 Å². The van der Waals surface area contributed by atoms with Gasteiger partial charge >= 0.3 is 0 Å². The summed E-state index contributed by atoms with van der Waals surface area (Å²) in [5.74, 6) is -1.03. The lowest BCUT2D eigenvalue weighted by molar-refractivity contribution is 0.588. The molecule has 0 aliphatic rings. The lowest BCUT2D eigenvalue weighted by atomic mass is 10.1. The molecule has 0 spiro atoms. The van der Waals surface area contributed by atoms with E-state index in [-0.39, 0.29) is 17.1 Å². The Bertz CT molecular complexity index is 485. The van der Waals surface area contributed by atoms with E-state index in [1.807, 2.05) is 0 Å². The fourth-order valence-corrected chi connectivity index (χ4v) is 1.39. The summed E-state index contributed by atoms with van der Waals surface area (Å²) in [7, 11) is 0. The highest BCUT2D eigenvalue weighted by Gasteiger charge is 2.16. The van der Waals surface area contributed by atoms with E-state index in [0.717, 1.165) is 0 Å². The molecule has 2 rings (SSSR count). The van der Waals surface area contributed by atoms with Gasteiger partial charge in [-0.3, -0.25) is 5.10 Å². The summed E-state index contributed by atoms with van der Waals surface area (Å²) in [6.07, 6.45) is 0. The zero-order chi connectivity index (χ0) is 11.0. The number of aromatic nitrogens is 2. The van der Waals surface area contributed by atoms with Gasteiger partial charge in [-0.2, -0.15) is 5.10 Å². The number of halogens is 2. The minimum atomic E-state index is -0.637. The van der Waals surface area contributed by atoms with E-state index in [1.54, 1.807) is 6.92 Å². The summed E-state index contributed by atoms with van der Waals surface area (Å²) in [6, 6.07) is 3.69. The molecule has 0 radical (unpaired) electrons. The summed E-state index contributed by atoms with van der Waals surface area (Å²) in [4.78, 5) is 0. The van der Waals surface area contributed by atoms with Gasteiger partial charge < -0.3 is 5.73 Å². The first-order valence-corrected chi connectivity index (χ1v) is 4.36. The number of rotatable bonds is 1. The lowest BCUT2D eigenvalue weighted by Gasteiger charge is -2.02. The smallest absolute Gasteiger partial charge is 0.148 e. The molecule has 0 unspecified atom stereocenters. The number of benzene rings is 1. The normalized spacial score (nSPS) is 10.6. The molecule has 15 heavy (non-hydrogen) atoms. The summed E-state index contributed by atoms with van der Waals surface area (Å²) < 4.78 is 26.8. The van der Waals surface area contributed by atoms with Gasteiger partial charge in [-0.1, -0.05) is 6.07 Å². The molecule has 0 aliphatic carbocycles. The van der Waals surface area contributed by atoms with Gasteiger partial charge in [0.1, 0.15) is 17.5 Å². The average molecular weight is 209 g/mol. The SMILES string of the molecule is Cc1c(N)n[nH]c1-c1c(F)cccc1F. The van der Waals surface area contributed by atoms with Gasteiger partial charge in [-0.25, -0.2) is 8.78 Å². The predicted octanol–water partition coefficient (Wildman–Crippen LogP) is 2.25. The van der Waals surface area contributed by atoms with E-state index in [0.29, 0.717) is 5.56 Å². The van der Waals surface area contributed by atoms with Crippen molar-refractivity contribution in [1.82, 2.24) is 10.2 Å². The second-order valence-electron chi connectivity index (χ2n) is 3.21. The lowest BCUT2D eigenvalue weighted by Crippen LogP contribution is -1.92. The van der Waals surface area contributed by atoms with Gasteiger partial charge in [0.15, 0.2) is 0 Å². The Hall–Kier alpha value is -1.91. The van der Waals surface area contributed by atoms with Gasteiger partial charge in [0.25, 0.3) is 0 Å². The molecule has 0 fully saturated rings. The third kappa shape index (κ3) is 1.45. The Morgan fingerprint density at radius 2 is 1.87 bits per heavy atom. The van der Waals surface area contributed by atoms with Crippen LogP contribution in [-0.2, 0) is 0 Å². The van der Waals surface area contributed by atoms with Gasteiger partial charge in [0.05, 0.1) is 11.3 Å². The van der Waals surface area contributed by atoms with Crippen molar-refractivity contribution in [2.24, 2.45) is 0 Å². The third-order valence-electron chi connectivity index (χ3n) is 2.26. The predicted molar refractivity (Wildman–Crippen MR) is 53.1 cm³/mol. The Labute approximate surface area is 84.9 Å². The van der Waals surface area contributed by atoms with Crippen LogP contribution in [0.5, 0.6) is 0 Å². The van der Waals surface area contributed by atoms with Crippen molar-refractivity contribution in [3.05, 3.63) is 35.4 Å². The Balaban J connectivity index is 2.69. The van der Waals surface area contributed by atoms with Crippen molar-refractivity contribution in [1.29, 1.82) is 0 Å². The molecule has 0 saturated heterocycles. The molecule has 0 aliphatic heterocycles. The number of anilines is 1. The number of nitrogens with one attached hydrogen (secondary N) is 1. The van der Waals surface area contributed by atoms with Crippen LogP contribution in [0.25, 0.3) is 11.3 Å². The molecular formula is C10H9F2N3. The molecule has 3 N–H and O–H groups in total. The monoisotopic (exact) mass is 209 g/mol. The minimum Gasteiger partial charge on any atom is -0.382 e. The van der Waals surface area contributed by atoms with Crippen LogP contribution < -0.4 is 5.73 Å². The van der Waals surface area contributed by atoms with Crippen LogP contribution in [0.3, 0.4) is 0 Å². The van der Waals surface area contributed by atoms with Crippen LogP contribution in [0.1, 0.15) is 5.56 Å². The number of H-pyrrole nitrogens is 1. The van der Waals surface area contributed by atoms with E-state index in [4.69, 9.17) is 5.73 Å². The molecule has 1 aromatic heterocycles. The summed E-state index contributed by atoms with van der Waals surface area (Å²) in [5, 5.41) is 6.21. The zero-order valence-electron chi connectivity index (χ0n) is 8.01. The highest BCUT2D eigenvalue weighted by Crippen LogP contribution is 2.28. The van der Waals surface area contributed by atoms with Crippen LogP contribution in [0.4, 0.5) is 14.6 Å². The largest absolute Gasteiger partial charge is 0.382 e. The van der Waals surface area contributed by atoms with Crippen LogP contribution >= 0.6 is 0 Å². The molecule has 1 heterocycles. The van der Waals surface area contributed by atoms with E-state index in [9.17, 15) is 8.78 Å². The highest BCUT2D eigenvalue weighted by molar-refractivity contribution is 5.68. The summed E-state index contributed by atoms with van der Waals surface area (Å²) >= 11 is 0.